The van der Waals surface area contributed by atoms with E-state index in [1.54, 1.807) is 36.9 Å². The minimum Gasteiger partial charge on any atom is -0.668 e. The Morgan fingerprint density at radius 3 is 1.93 bits per heavy atom. The van der Waals surface area contributed by atoms with Gasteiger partial charge < -0.3 is 23.9 Å². The summed E-state index contributed by atoms with van der Waals surface area (Å²) in [6.45, 7) is 15.2. The molecule has 0 saturated carbocycles. The third-order valence-corrected chi connectivity index (χ3v) is 12.5. The first-order valence-corrected chi connectivity index (χ1v) is 22.5. The molecule has 0 amide bonds. The first-order chi connectivity index (χ1) is 20.0. The van der Waals surface area contributed by atoms with Crippen molar-refractivity contribution in [2.75, 3.05) is 27.4 Å². The summed E-state index contributed by atoms with van der Waals surface area (Å²) in [5.74, 6) is 0. The normalized spacial score (nSPS) is 11.1. The molecule has 43 heavy (non-hydrogen) atoms. The molecular weight excluding hydrogens is 635 g/mol. The minimum atomic E-state index is -1.11. The fourth-order valence-corrected chi connectivity index (χ4v) is 13.6. The number of aromatic nitrogens is 4. The number of ether oxygens (including phenoxy) is 2. The smallest absolute Gasteiger partial charge is 0.668 e. The minimum absolute atomic E-state index is 0. The van der Waals surface area contributed by atoms with Crippen LogP contribution in [0.25, 0.3) is 25.8 Å². The van der Waals surface area contributed by atoms with Crippen LogP contribution in [-0.2, 0) is 9.47 Å². The van der Waals surface area contributed by atoms with Crippen LogP contribution in [0.3, 0.4) is 0 Å². The molecule has 0 spiro atoms. The van der Waals surface area contributed by atoms with E-state index in [1.165, 1.54) is 0 Å². The predicted molar refractivity (Wildman–Crippen MR) is 188 cm³/mol. The fourth-order valence-electron chi connectivity index (χ4n) is 4.12. The second kappa shape index (κ2) is 18.5. The molecule has 5 rings (SSSR count). The first kappa shape index (κ1) is 37.7. The van der Waals surface area contributed by atoms with Crippen LogP contribution in [0.15, 0.2) is 89.9 Å². The maximum atomic E-state index is 4.82. The number of benzene rings is 1. The molecule has 0 unspecified atom stereocenters. The van der Waals surface area contributed by atoms with Crippen molar-refractivity contribution in [2.24, 2.45) is 0 Å². The Kier molecular flexibility index (Phi) is 16.2. The number of hydrogen-bond acceptors (Lipinski definition) is 3. The monoisotopic (exact) mass is 677 g/mol. The first-order valence-electron chi connectivity index (χ1n) is 13.8. The molecule has 0 saturated heterocycles. The molecule has 0 aliphatic heterocycles. The van der Waals surface area contributed by atoms with Crippen molar-refractivity contribution in [3.8, 4) is 21.1 Å². The van der Waals surface area contributed by atoms with Gasteiger partial charge in [0.1, 0.15) is 27.6 Å². The van der Waals surface area contributed by atoms with E-state index in [2.05, 4.69) is 83.8 Å². The Morgan fingerprint density at radius 1 is 0.860 bits per heavy atom. The zero-order chi connectivity index (χ0) is 30.6. The van der Waals surface area contributed by atoms with E-state index in [9.17, 15) is 0 Å². The van der Waals surface area contributed by atoms with Crippen LogP contribution in [0, 0.1) is 6.17 Å². The van der Waals surface area contributed by atoms with Gasteiger partial charge in [-0.2, -0.15) is 4.68 Å². The molecule has 0 aliphatic carbocycles. The molecule has 4 aromatic heterocycles. The van der Waals surface area contributed by atoms with E-state index in [1.807, 2.05) is 64.2 Å². The molecular formula is C31H43CaN5O2S2Si2. The van der Waals surface area contributed by atoms with E-state index in [-0.39, 0.29) is 37.7 Å². The van der Waals surface area contributed by atoms with E-state index in [0.717, 1.165) is 32.9 Å². The fraction of sp³-hybridized carbons (Fsp3) is 0.323. The Hall–Kier alpha value is -1.52. The molecule has 0 fully saturated rings. The van der Waals surface area contributed by atoms with Gasteiger partial charge in [-0.1, -0.05) is 92.2 Å². The van der Waals surface area contributed by atoms with Crippen molar-refractivity contribution in [1.29, 1.82) is 0 Å². The number of hydrogen-bond donors (Lipinski definition) is 0. The summed E-state index contributed by atoms with van der Waals surface area (Å²) in [5, 5.41) is 13.8. The summed E-state index contributed by atoms with van der Waals surface area (Å²) in [6.07, 6.45) is 4.88. The molecule has 7 nitrogen and oxygen atoms in total. The second-order valence-corrected chi connectivity index (χ2v) is 22.8. The van der Waals surface area contributed by atoms with Gasteiger partial charge >= 0.3 is 37.7 Å². The maximum Gasteiger partial charge on any atom is 2.00 e. The summed E-state index contributed by atoms with van der Waals surface area (Å²) >= 11 is 3.38. The third kappa shape index (κ3) is 13.2. The van der Waals surface area contributed by atoms with Crippen molar-refractivity contribution in [3.63, 3.8) is 0 Å². The van der Waals surface area contributed by atoms with Gasteiger partial charge in [-0.3, -0.25) is 0 Å². The van der Waals surface area contributed by atoms with Gasteiger partial charge in [-0.05, 0) is 11.8 Å². The predicted octanol–water partition coefficient (Wildman–Crippen LogP) is 7.45. The van der Waals surface area contributed by atoms with Crippen LogP contribution in [0.5, 0.6) is 0 Å². The van der Waals surface area contributed by atoms with Gasteiger partial charge in [-0.25, -0.2) is 0 Å². The zero-order valence-corrected chi connectivity index (χ0v) is 32.5. The van der Waals surface area contributed by atoms with Crippen molar-refractivity contribution >= 4 is 76.9 Å². The van der Waals surface area contributed by atoms with Gasteiger partial charge in [0.25, 0.3) is 0 Å². The SMILES string of the molecule is COCCOC.C[Si](C)(C)[N-][Si](C)(C)C.[Ca+2].c1ccc([C-](n2ccc(-[c-]3ccc[s+]3)n2)[n+]2ccc(-[c-]3ccc[s+]3)[n-]2)cc1. The molecule has 0 aliphatic rings. The average molecular weight is 678 g/mol. The molecule has 0 atom stereocenters. The molecule has 12 heteroatoms. The molecule has 5 aromatic rings. The van der Waals surface area contributed by atoms with E-state index >= 15 is 0 Å². The number of nitrogens with zero attached hydrogens (tertiary/aromatic N) is 5. The Balaban J connectivity index is 0.000000338. The Labute approximate surface area is 297 Å². The van der Waals surface area contributed by atoms with Crippen molar-refractivity contribution in [1.82, 2.24) is 14.9 Å². The zero-order valence-electron chi connectivity index (χ0n) is 26.7. The maximum absolute atomic E-state index is 4.82. The molecule has 0 bridgehead atoms. The molecule has 1 aromatic carbocycles. The van der Waals surface area contributed by atoms with Gasteiger partial charge in [0, 0.05) is 20.4 Å². The number of rotatable bonds is 10. The topological polar surface area (TPSA) is 68.4 Å². The molecule has 226 valence electrons. The summed E-state index contributed by atoms with van der Waals surface area (Å²) in [7, 11) is 1.09. The quantitative estimate of drug-likeness (QED) is 0.0507. The molecule has 0 radical (unpaired) electrons. The van der Waals surface area contributed by atoms with E-state index in [4.69, 9.17) is 14.8 Å². The van der Waals surface area contributed by atoms with Crippen LogP contribution in [0.2, 0.25) is 39.3 Å². The largest absolute Gasteiger partial charge is 2.00 e. The van der Waals surface area contributed by atoms with E-state index < -0.39 is 16.5 Å². The van der Waals surface area contributed by atoms with Crippen LogP contribution >= 0.6 is 22.7 Å². The summed E-state index contributed by atoms with van der Waals surface area (Å²) in [6, 6.07) is 22.6. The third-order valence-electron chi connectivity index (χ3n) is 5.35. The summed E-state index contributed by atoms with van der Waals surface area (Å²) in [5.41, 5.74) is 2.98. The van der Waals surface area contributed by atoms with Gasteiger partial charge in [0.15, 0.2) is 4.88 Å². The summed E-state index contributed by atoms with van der Waals surface area (Å²) < 4.78 is 17.9. The van der Waals surface area contributed by atoms with Crippen molar-refractivity contribution in [3.05, 3.63) is 106 Å². The van der Waals surface area contributed by atoms with Crippen molar-refractivity contribution in [2.45, 2.75) is 39.3 Å². The molecule has 0 N–H and O–H groups in total. The average Bonchev–Trinajstić information content (AvgIpc) is 3.74. The second-order valence-electron chi connectivity index (χ2n) is 11.4. The van der Waals surface area contributed by atoms with Gasteiger partial charge in [-0.15, -0.1) is 41.1 Å². The molecule has 4 heterocycles. The van der Waals surface area contributed by atoms with E-state index in [0.29, 0.717) is 13.2 Å². The van der Waals surface area contributed by atoms with Crippen LogP contribution in [0.4, 0.5) is 0 Å². The van der Waals surface area contributed by atoms with Crippen LogP contribution < -0.4 is 9.78 Å². The number of methoxy groups -OCH3 is 2. The van der Waals surface area contributed by atoms with Crippen LogP contribution in [0.1, 0.15) is 5.56 Å². The summed E-state index contributed by atoms with van der Waals surface area (Å²) in [4.78, 5) is 2.31. The van der Waals surface area contributed by atoms with Gasteiger partial charge in [0.2, 0.25) is 6.17 Å². The van der Waals surface area contributed by atoms with Crippen LogP contribution in [-0.4, -0.2) is 91.4 Å². The Bertz CT molecular complexity index is 1330. The number of thiophene rings is 2. The van der Waals surface area contributed by atoms with Crippen molar-refractivity contribution < 1.29 is 14.2 Å². The van der Waals surface area contributed by atoms with Gasteiger partial charge in [0.05, 0.1) is 29.7 Å². The Morgan fingerprint density at radius 2 is 1.44 bits per heavy atom. The standard InChI is InChI=1S/C21H15N4S2.C6H18NSi2.C4H10O2.Ca/c1-2-6-16(7-3-1)21(24-12-10-17(22-24)19-8-4-14-26-19)25-13-11-18(23-25)20-9-5-15-27-20;1-8(2,3)7-9(4,5)6;1-5-3-4-6-2;/h1-15H;1-6H3;3-4H2,1-2H3;/q2*-1;;+2.